The van der Waals surface area contributed by atoms with E-state index in [2.05, 4.69) is 5.32 Å². The van der Waals surface area contributed by atoms with Gasteiger partial charge in [0.15, 0.2) is 5.75 Å². The third-order valence-corrected chi connectivity index (χ3v) is 2.38. The van der Waals surface area contributed by atoms with Crippen LogP contribution in [0.2, 0.25) is 0 Å². The number of rotatable bonds is 6. The quantitative estimate of drug-likeness (QED) is 0.493. The van der Waals surface area contributed by atoms with E-state index in [-0.39, 0.29) is 29.5 Å². The Morgan fingerprint density at radius 1 is 1.35 bits per heavy atom. The standard InChI is InChI=1S/C14H20N2O4/c1-14(2,3)15-13(17)9-6-10-20-12-8-5-4-7-11(12)16(18)19/h4-5,7-8H,6,9-10H2,1-3H3,(H,15,17). The van der Waals surface area contributed by atoms with Gasteiger partial charge in [0, 0.05) is 18.0 Å². The predicted molar refractivity (Wildman–Crippen MR) is 75.7 cm³/mol. The van der Waals surface area contributed by atoms with Crippen LogP contribution in [0.25, 0.3) is 0 Å². The number of nitrogens with zero attached hydrogens (tertiary/aromatic N) is 1. The predicted octanol–water partition coefficient (Wildman–Crippen LogP) is 2.67. The third-order valence-electron chi connectivity index (χ3n) is 2.38. The molecule has 0 aliphatic rings. The lowest BCUT2D eigenvalue weighted by molar-refractivity contribution is -0.385. The number of hydrogen-bond acceptors (Lipinski definition) is 4. The Bertz CT molecular complexity index is 480. The third kappa shape index (κ3) is 5.69. The maximum Gasteiger partial charge on any atom is 0.310 e. The SMILES string of the molecule is CC(C)(C)NC(=O)CCCOc1ccccc1[N+](=O)[O-]. The largest absolute Gasteiger partial charge is 0.487 e. The Kier molecular flexibility index (Phi) is 5.49. The van der Waals surface area contributed by atoms with Crippen LogP contribution in [0.5, 0.6) is 5.75 Å². The smallest absolute Gasteiger partial charge is 0.310 e. The Balaban J connectivity index is 2.39. The highest BCUT2D eigenvalue weighted by molar-refractivity contribution is 5.76. The van der Waals surface area contributed by atoms with Crippen molar-refractivity contribution in [3.8, 4) is 5.75 Å². The Morgan fingerprint density at radius 2 is 2.00 bits per heavy atom. The van der Waals surface area contributed by atoms with Gasteiger partial charge in [-0.2, -0.15) is 0 Å². The second-order valence-corrected chi connectivity index (χ2v) is 5.48. The maximum absolute atomic E-state index is 11.6. The van der Waals surface area contributed by atoms with Gasteiger partial charge in [-0.1, -0.05) is 12.1 Å². The van der Waals surface area contributed by atoms with Crippen LogP contribution in [-0.2, 0) is 4.79 Å². The highest BCUT2D eigenvalue weighted by Crippen LogP contribution is 2.25. The molecule has 1 rings (SSSR count). The van der Waals surface area contributed by atoms with Gasteiger partial charge in [0.25, 0.3) is 0 Å². The van der Waals surface area contributed by atoms with E-state index < -0.39 is 4.92 Å². The normalized spacial score (nSPS) is 10.9. The number of carbonyl (C=O) groups excluding carboxylic acids is 1. The number of amides is 1. The molecule has 0 aliphatic carbocycles. The van der Waals surface area contributed by atoms with Crippen LogP contribution in [0.3, 0.4) is 0 Å². The monoisotopic (exact) mass is 280 g/mol. The van der Waals surface area contributed by atoms with Gasteiger partial charge in [-0.3, -0.25) is 14.9 Å². The maximum atomic E-state index is 11.6. The fraction of sp³-hybridized carbons (Fsp3) is 0.500. The van der Waals surface area contributed by atoms with Crippen LogP contribution in [-0.4, -0.2) is 23.0 Å². The van der Waals surface area contributed by atoms with Gasteiger partial charge >= 0.3 is 5.69 Å². The molecule has 0 saturated heterocycles. The molecule has 6 nitrogen and oxygen atoms in total. The number of benzene rings is 1. The molecule has 0 bridgehead atoms. The van der Waals surface area contributed by atoms with Gasteiger partial charge < -0.3 is 10.1 Å². The number of carbonyl (C=O) groups is 1. The minimum absolute atomic E-state index is 0.0522. The zero-order valence-corrected chi connectivity index (χ0v) is 12.0. The second kappa shape index (κ2) is 6.88. The first kappa shape index (κ1) is 15.9. The molecule has 0 heterocycles. The van der Waals surface area contributed by atoms with E-state index in [1.54, 1.807) is 18.2 Å². The highest BCUT2D eigenvalue weighted by atomic mass is 16.6. The first-order valence-corrected chi connectivity index (χ1v) is 6.47. The summed E-state index contributed by atoms with van der Waals surface area (Å²) in [5, 5.41) is 13.6. The molecule has 1 aromatic rings. The summed E-state index contributed by atoms with van der Waals surface area (Å²) < 4.78 is 5.36. The summed E-state index contributed by atoms with van der Waals surface area (Å²) in [5.41, 5.74) is -0.317. The summed E-state index contributed by atoms with van der Waals surface area (Å²) in [5.74, 6) is 0.178. The van der Waals surface area contributed by atoms with E-state index in [4.69, 9.17) is 4.74 Å². The zero-order valence-electron chi connectivity index (χ0n) is 12.0. The van der Waals surface area contributed by atoms with Crippen molar-refractivity contribution in [3.63, 3.8) is 0 Å². The van der Waals surface area contributed by atoms with Crippen molar-refractivity contribution in [1.29, 1.82) is 0 Å². The molecule has 1 N–H and O–H groups in total. The second-order valence-electron chi connectivity index (χ2n) is 5.48. The van der Waals surface area contributed by atoms with Gasteiger partial charge in [-0.15, -0.1) is 0 Å². The molecule has 0 saturated carbocycles. The number of hydrogen-bond donors (Lipinski definition) is 1. The van der Waals surface area contributed by atoms with Crippen LogP contribution in [0.1, 0.15) is 33.6 Å². The average Bonchev–Trinajstić information content (AvgIpc) is 2.33. The Hall–Kier alpha value is -2.11. The molecule has 0 aliphatic heterocycles. The van der Waals surface area contributed by atoms with E-state index >= 15 is 0 Å². The summed E-state index contributed by atoms with van der Waals surface area (Å²) in [7, 11) is 0. The number of para-hydroxylation sites is 2. The molecule has 1 aromatic carbocycles. The van der Waals surface area contributed by atoms with Gasteiger partial charge in [0.1, 0.15) is 0 Å². The summed E-state index contributed by atoms with van der Waals surface area (Å²) in [6, 6.07) is 6.20. The van der Waals surface area contributed by atoms with Crippen LogP contribution < -0.4 is 10.1 Å². The fourth-order valence-corrected chi connectivity index (χ4v) is 1.63. The van der Waals surface area contributed by atoms with Gasteiger partial charge in [0.2, 0.25) is 5.91 Å². The lowest BCUT2D eigenvalue weighted by atomic mass is 10.1. The Labute approximate surface area is 118 Å². The first-order valence-electron chi connectivity index (χ1n) is 6.47. The van der Waals surface area contributed by atoms with Crippen LogP contribution in [0.4, 0.5) is 5.69 Å². The van der Waals surface area contributed by atoms with Crippen molar-refractivity contribution in [2.45, 2.75) is 39.2 Å². The number of nitrogens with one attached hydrogen (secondary N) is 1. The van der Waals surface area contributed by atoms with E-state index in [9.17, 15) is 14.9 Å². The fourth-order valence-electron chi connectivity index (χ4n) is 1.63. The topological polar surface area (TPSA) is 81.5 Å². The van der Waals surface area contributed by atoms with Crippen molar-refractivity contribution in [3.05, 3.63) is 34.4 Å². The average molecular weight is 280 g/mol. The molecule has 0 atom stereocenters. The molecule has 20 heavy (non-hydrogen) atoms. The number of nitro groups is 1. The molecular formula is C14H20N2O4. The van der Waals surface area contributed by atoms with Crippen molar-refractivity contribution in [2.75, 3.05) is 6.61 Å². The van der Waals surface area contributed by atoms with Gasteiger partial charge in [-0.25, -0.2) is 0 Å². The van der Waals surface area contributed by atoms with Gasteiger partial charge in [-0.05, 0) is 33.3 Å². The molecule has 0 aromatic heterocycles. The van der Waals surface area contributed by atoms with E-state index in [0.29, 0.717) is 12.8 Å². The minimum Gasteiger partial charge on any atom is -0.487 e. The van der Waals surface area contributed by atoms with E-state index in [1.807, 2.05) is 20.8 Å². The molecule has 0 unspecified atom stereocenters. The van der Waals surface area contributed by atoms with Crippen LogP contribution in [0, 0.1) is 10.1 Å². The number of ether oxygens (including phenoxy) is 1. The van der Waals surface area contributed by atoms with Crippen LogP contribution >= 0.6 is 0 Å². The molecule has 1 amide bonds. The number of nitro benzene ring substituents is 1. The lowest BCUT2D eigenvalue weighted by Crippen LogP contribution is -2.40. The van der Waals surface area contributed by atoms with Gasteiger partial charge in [0.05, 0.1) is 11.5 Å². The molecule has 0 radical (unpaired) electrons. The molecule has 110 valence electrons. The van der Waals surface area contributed by atoms with E-state index in [0.717, 1.165) is 0 Å². The van der Waals surface area contributed by atoms with E-state index in [1.165, 1.54) is 6.07 Å². The highest BCUT2D eigenvalue weighted by Gasteiger charge is 2.15. The molecular weight excluding hydrogens is 260 g/mol. The first-order chi connectivity index (χ1) is 9.29. The molecule has 0 fully saturated rings. The van der Waals surface area contributed by atoms with Crippen molar-refractivity contribution in [2.24, 2.45) is 0 Å². The van der Waals surface area contributed by atoms with Crippen molar-refractivity contribution in [1.82, 2.24) is 5.32 Å². The van der Waals surface area contributed by atoms with Crippen molar-refractivity contribution < 1.29 is 14.5 Å². The lowest BCUT2D eigenvalue weighted by Gasteiger charge is -2.20. The summed E-state index contributed by atoms with van der Waals surface area (Å²) in [4.78, 5) is 21.9. The van der Waals surface area contributed by atoms with Crippen molar-refractivity contribution >= 4 is 11.6 Å². The Morgan fingerprint density at radius 3 is 2.60 bits per heavy atom. The summed E-state index contributed by atoms with van der Waals surface area (Å²) in [6.07, 6.45) is 0.839. The zero-order chi connectivity index (χ0) is 15.2. The summed E-state index contributed by atoms with van der Waals surface area (Å²) in [6.45, 7) is 6.00. The molecule has 6 heteroatoms. The minimum atomic E-state index is -0.484. The molecule has 0 spiro atoms. The van der Waals surface area contributed by atoms with Crippen LogP contribution in [0.15, 0.2) is 24.3 Å². The summed E-state index contributed by atoms with van der Waals surface area (Å²) >= 11 is 0.